The molecule has 0 aliphatic carbocycles. The average Bonchev–Trinajstić information content (AvgIpc) is 2.46. The van der Waals surface area contributed by atoms with Crippen molar-refractivity contribution in [3.63, 3.8) is 0 Å². The summed E-state index contributed by atoms with van der Waals surface area (Å²) in [6.07, 6.45) is 1.67. The third kappa shape index (κ3) is 3.10. The van der Waals surface area contributed by atoms with E-state index in [2.05, 4.69) is 30.4 Å². The highest BCUT2D eigenvalue weighted by molar-refractivity contribution is 5.97. The summed E-state index contributed by atoms with van der Waals surface area (Å²) < 4.78 is 0. The molecular weight excluding hydrogens is 272 g/mol. The first-order valence-electron chi connectivity index (χ1n) is 7.00. The van der Waals surface area contributed by atoms with Crippen molar-refractivity contribution >= 4 is 17.8 Å². The van der Waals surface area contributed by atoms with Crippen LogP contribution in [0.1, 0.15) is 12.1 Å². The Morgan fingerprint density at radius 3 is 2.62 bits per heavy atom. The summed E-state index contributed by atoms with van der Waals surface area (Å²) in [5, 5.41) is 5.04. The molecule has 8 nitrogen and oxygen atoms in total. The van der Waals surface area contributed by atoms with Crippen LogP contribution in [0.15, 0.2) is 12.4 Å². The zero-order valence-electron chi connectivity index (χ0n) is 11.9. The molecular formula is C13H18N6O2. The number of nitrogens with one attached hydrogen (secondary N) is 2. The lowest BCUT2D eigenvalue weighted by Crippen LogP contribution is -2.62. The summed E-state index contributed by atoms with van der Waals surface area (Å²) in [6, 6.07) is 1.55. The highest BCUT2D eigenvalue weighted by Crippen LogP contribution is 2.15. The zero-order valence-corrected chi connectivity index (χ0v) is 11.9. The lowest BCUT2D eigenvalue weighted by atomic mass is 10.2. The van der Waals surface area contributed by atoms with E-state index >= 15 is 0 Å². The molecule has 21 heavy (non-hydrogen) atoms. The summed E-state index contributed by atoms with van der Waals surface area (Å²) in [5.74, 6) is 0.699. The van der Waals surface area contributed by atoms with Crippen LogP contribution in [0.2, 0.25) is 0 Å². The molecule has 2 fully saturated rings. The van der Waals surface area contributed by atoms with Crippen molar-refractivity contribution in [3.05, 3.63) is 18.1 Å². The Morgan fingerprint density at radius 1 is 1.19 bits per heavy atom. The van der Waals surface area contributed by atoms with Crippen molar-refractivity contribution in [2.75, 3.05) is 31.1 Å². The van der Waals surface area contributed by atoms with Gasteiger partial charge >= 0.3 is 6.03 Å². The zero-order chi connectivity index (χ0) is 14.8. The lowest BCUT2D eigenvalue weighted by molar-refractivity contribution is -0.122. The fourth-order valence-electron chi connectivity index (χ4n) is 2.69. The molecule has 2 aliphatic heterocycles. The maximum atomic E-state index is 11.4. The Hall–Kier alpha value is -2.22. The van der Waals surface area contributed by atoms with E-state index < -0.39 is 6.03 Å². The van der Waals surface area contributed by atoms with Gasteiger partial charge in [-0.1, -0.05) is 0 Å². The molecule has 0 radical (unpaired) electrons. The van der Waals surface area contributed by atoms with Crippen LogP contribution in [0.25, 0.3) is 0 Å². The molecule has 1 aromatic heterocycles. The van der Waals surface area contributed by atoms with E-state index in [0.29, 0.717) is 6.42 Å². The number of carbonyl (C=O) groups excluding carboxylic acids is 2. The average molecular weight is 290 g/mol. The van der Waals surface area contributed by atoms with Crippen LogP contribution in [0.3, 0.4) is 0 Å². The van der Waals surface area contributed by atoms with E-state index in [9.17, 15) is 9.59 Å². The number of nitrogens with zero attached hydrogens (tertiary/aromatic N) is 4. The Labute approximate surface area is 122 Å². The third-order valence-corrected chi connectivity index (χ3v) is 3.80. The molecule has 3 heterocycles. The molecule has 1 aromatic rings. The van der Waals surface area contributed by atoms with Crippen molar-refractivity contribution in [1.82, 2.24) is 25.5 Å². The predicted octanol–water partition coefficient (Wildman–Crippen LogP) is -0.537. The first-order chi connectivity index (χ1) is 10.1. The van der Waals surface area contributed by atoms with Gasteiger partial charge in [-0.2, -0.15) is 0 Å². The maximum absolute atomic E-state index is 11.4. The van der Waals surface area contributed by atoms with Crippen LogP contribution in [-0.4, -0.2) is 59.2 Å². The highest BCUT2D eigenvalue weighted by atomic mass is 16.2. The number of hydrogen-bond acceptors (Lipinski definition) is 6. The van der Waals surface area contributed by atoms with Gasteiger partial charge in [-0.25, -0.2) is 14.8 Å². The summed E-state index contributed by atoms with van der Waals surface area (Å²) in [7, 11) is 0. The minimum atomic E-state index is -0.412. The number of aryl methyl sites for hydroxylation is 1. The van der Waals surface area contributed by atoms with E-state index in [1.54, 1.807) is 6.33 Å². The van der Waals surface area contributed by atoms with E-state index in [0.717, 1.165) is 37.7 Å². The molecule has 0 bridgehead atoms. The van der Waals surface area contributed by atoms with Gasteiger partial charge in [-0.05, 0) is 6.92 Å². The Balaban J connectivity index is 1.60. The van der Waals surface area contributed by atoms with Crippen LogP contribution < -0.4 is 15.5 Å². The summed E-state index contributed by atoms with van der Waals surface area (Å²) in [5.41, 5.74) is 0.943. The van der Waals surface area contributed by atoms with Crippen molar-refractivity contribution in [2.45, 2.75) is 19.5 Å². The second-order valence-corrected chi connectivity index (χ2v) is 5.28. The van der Waals surface area contributed by atoms with Crippen molar-refractivity contribution in [2.24, 2.45) is 0 Å². The number of hydrogen-bond donors (Lipinski definition) is 2. The number of rotatable bonds is 2. The minimum Gasteiger partial charge on any atom is -0.354 e. The fraction of sp³-hybridized carbons (Fsp3) is 0.538. The molecule has 112 valence electrons. The predicted molar refractivity (Wildman–Crippen MR) is 75.6 cm³/mol. The molecule has 1 unspecified atom stereocenters. The number of imide groups is 1. The number of urea groups is 1. The molecule has 8 heteroatoms. The van der Waals surface area contributed by atoms with E-state index in [4.69, 9.17) is 0 Å². The van der Waals surface area contributed by atoms with Gasteiger partial charge in [0.25, 0.3) is 0 Å². The van der Waals surface area contributed by atoms with Crippen LogP contribution in [-0.2, 0) is 4.79 Å². The molecule has 0 saturated carbocycles. The van der Waals surface area contributed by atoms with E-state index in [1.807, 2.05) is 13.0 Å². The lowest BCUT2D eigenvalue weighted by Gasteiger charge is -2.40. The van der Waals surface area contributed by atoms with Crippen molar-refractivity contribution in [3.8, 4) is 0 Å². The molecule has 2 saturated heterocycles. The molecule has 0 aromatic carbocycles. The highest BCUT2D eigenvalue weighted by Gasteiger charge is 2.31. The summed E-state index contributed by atoms with van der Waals surface area (Å²) in [6.45, 7) is 5.12. The smallest absolute Gasteiger partial charge is 0.322 e. The normalized spacial score (nSPS) is 23.7. The van der Waals surface area contributed by atoms with E-state index in [-0.39, 0.29) is 12.1 Å². The van der Waals surface area contributed by atoms with Crippen LogP contribution in [0, 0.1) is 6.92 Å². The maximum Gasteiger partial charge on any atom is 0.322 e. The minimum absolute atomic E-state index is 0.208. The first kappa shape index (κ1) is 13.7. The van der Waals surface area contributed by atoms with Crippen molar-refractivity contribution < 1.29 is 9.59 Å². The topological polar surface area (TPSA) is 90.5 Å². The molecule has 2 aliphatic rings. The number of piperazine rings is 1. The number of aromatic nitrogens is 2. The molecule has 2 N–H and O–H groups in total. The third-order valence-electron chi connectivity index (χ3n) is 3.80. The van der Waals surface area contributed by atoms with E-state index in [1.165, 1.54) is 0 Å². The number of amides is 3. The SMILES string of the molecule is Cc1cc(N2CCN(C3CC(=O)NC(=O)N3)CC2)ncn1. The Morgan fingerprint density at radius 2 is 1.95 bits per heavy atom. The monoisotopic (exact) mass is 290 g/mol. The van der Waals surface area contributed by atoms with Gasteiger partial charge in [-0.3, -0.25) is 15.0 Å². The van der Waals surface area contributed by atoms with Gasteiger partial charge < -0.3 is 10.2 Å². The van der Waals surface area contributed by atoms with Gasteiger partial charge in [-0.15, -0.1) is 0 Å². The number of anilines is 1. The molecule has 0 spiro atoms. The summed E-state index contributed by atoms with van der Waals surface area (Å²) >= 11 is 0. The van der Waals surface area contributed by atoms with Crippen LogP contribution in [0.4, 0.5) is 10.6 Å². The van der Waals surface area contributed by atoms with Gasteiger partial charge in [0.1, 0.15) is 12.1 Å². The number of carbonyl (C=O) groups is 2. The van der Waals surface area contributed by atoms with Crippen LogP contribution >= 0.6 is 0 Å². The van der Waals surface area contributed by atoms with Gasteiger partial charge in [0.05, 0.1) is 12.6 Å². The molecule has 3 rings (SSSR count). The quantitative estimate of drug-likeness (QED) is 0.760. The second-order valence-electron chi connectivity index (χ2n) is 5.28. The largest absolute Gasteiger partial charge is 0.354 e. The van der Waals surface area contributed by atoms with Crippen LogP contribution in [0.5, 0.6) is 0 Å². The molecule has 1 atom stereocenters. The molecule has 3 amide bonds. The second kappa shape index (κ2) is 5.65. The van der Waals surface area contributed by atoms with Gasteiger partial charge in [0, 0.05) is 37.9 Å². The fourth-order valence-corrected chi connectivity index (χ4v) is 2.69. The van der Waals surface area contributed by atoms with Crippen molar-refractivity contribution in [1.29, 1.82) is 0 Å². The first-order valence-corrected chi connectivity index (χ1v) is 7.00. The van der Waals surface area contributed by atoms with Gasteiger partial charge in [0.2, 0.25) is 5.91 Å². The standard InChI is InChI=1S/C13H18N6O2/c1-9-6-10(15-8-14-9)18-2-4-19(5-3-18)11-7-12(20)17-13(21)16-11/h6,8,11H,2-5,7H2,1H3,(H2,16,17,20,21). The summed E-state index contributed by atoms with van der Waals surface area (Å²) in [4.78, 5) is 35.5. The Bertz CT molecular complexity index is 539. The van der Waals surface area contributed by atoms with Gasteiger partial charge in [0.15, 0.2) is 0 Å². The Kier molecular flexibility index (Phi) is 3.70.